The van der Waals surface area contributed by atoms with Crippen molar-refractivity contribution >= 4 is 22.0 Å². The molecule has 0 spiro atoms. The van der Waals surface area contributed by atoms with Crippen LogP contribution in [-0.4, -0.2) is 48.4 Å². The molecule has 0 radical (unpaired) electrons. The van der Waals surface area contributed by atoms with Crippen LogP contribution in [0.3, 0.4) is 0 Å². The minimum absolute atomic E-state index is 0.131. The molecule has 138 valence electrons. The van der Waals surface area contributed by atoms with Crippen LogP contribution in [0.4, 0.5) is 18.0 Å². The average Bonchev–Trinajstić information content (AvgIpc) is 2.53. The van der Waals surface area contributed by atoms with Gasteiger partial charge in [-0.05, 0) is 31.4 Å². The molecule has 0 bridgehead atoms. The van der Waals surface area contributed by atoms with Crippen molar-refractivity contribution in [3.8, 4) is 5.75 Å². The van der Waals surface area contributed by atoms with E-state index in [1.165, 1.54) is 6.07 Å². The first kappa shape index (κ1) is 19.0. The van der Waals surface area contributed by atoms with Crippen molar-refractivity contribution in [2.24, 2.45) is 0 Å². The molecule has 1 N–H and O–H groups in total. The van der Waals surface area contributed by atoms with E-state index in [2.05, 4.69) is 4.18 Å². The summed E-state index contributed by atoms with van der Waals surface area (Å²) in [5.74, 6) is -1.31. The number of carboxylic acid groups (broad SMARTS) is 1. The average molecular weight is 381 g/mol. The Labute approximate surface area is 141 Å². The summed E-state index contributed by atoms with van der Waals surface area (Å²) in [5.41, 5.74) is -5.73. The molecule has 0 aliphatic carbocycles. The molecule has 1 fully saturated rings. The topological polar surface area (TPSA) is 101 Å². The number of halogens is 3. The normalized spacial score (nSPS) is 18.7. The molecular formula is C14H14F3NO6S. The zero-order valence-corrected chi connectivity index (χ0v) is 13.5. The Morgan fingerprint density at radius 3 is 2.52 bits per heavy atom. The SMILES string of the molecule is O=C(c1cccc(OS(=O)(=O)C(F)(F)F)c1)[C@@H]1CCCCN1C(=O)O. The first-order valence-electron chi connectivity index (χ1n) is 7.17. The van der Waals surface area contributed by atoms with Gasteiger partial charge in [0, 0.05) is 12.1 Å². The van der Waals surface area contributed by atoms with E-state index >= 15 is 0 Å². The van der Waals surface area contributed by atoms with Crippen molar-refractivity contribution in [3.63, 3.8) is 0 Å². The molecule has 1 saturated heterocycles. The Bertz CT molecular complexity index is 777. The third-order valence-electron chi connectivity index (χ3n) is 3.66. The molecular weight excluding hydrogens is 367 g/mol. The third-order valence-corrected chi connectivity index (χ3v) is 4.64. The fourth-order valence-electron chi connectivity index (χ4n) is 2.50. The van der Waals surface area contributed by atoms with Gasteiger partial charge in [0.05, 0.1) is 6.04 Å². The number of rotatable bonds is 4. The van der Waals surface area contributed by atoms with Crippen molar-refractivity contribution in [2.45, 2.75) is 30.8 Å². The fourth-order valence-corrected chi connectivity index (χ4v) is 2.95. The molecule has 1 amide bonds. The second kappa shape index (κ2) is 6.90. The van der Waals surface area contributed by atoms with Crippen LogP contribution in [-0.2, 0) is 10.1 Å². The molecule has 1 aliphatic rings. The number of alkyl halides is 3. The minimum atomic E-state index is -5.86. The van der Waals surface area contributed by atoms with E-state index in [0.717, 1.165) is 23.1 Å². The van der Waals surface area contributed by atoms with Crippen LogP contribution < -0.4 is 4.18 Å². The molecule has 1 atom stereocenters. The highest BCUT2D eigenvalue weighted by Gasteiger charge is 2.48. The molecule has 1 aromatic carbocycles. The number of nitrogens with zero attached hydrogens (tertiary/aromatic N) is 1. The number of ketones is 1. The van der Waals surface area contributed by atoms with Crippen molar-refractivity contribution in [2.75, 3.05) is 6.54 Å². The monoisotopic (exact) mass is 381 g/mol. The summed E-state index contributed by atoms with van der Waals surface area (Å²) in [6.45, 7) is 0.171. The summed E-state index contributed by atoms with van der Waals surface area (Å²) in [6.07, 6.45) is 0.226. The predicted molar refractivity (Wildman–Crippen MR) is 78.7 cm³/mol. The summed E-state index contributed by atoms with van der Waals surface area (Å²) < 4.78 is 63.1. The van der Waals surface area contributed by atoms with Gasteiger partial charge < -0.3 is 9.29 Å². The van der Waals surface area contributed by atoms with Crippen LogP contribution in [0, 0.1) is 0 Å². The van der Waals surface area contributed by atoms with Crippen molar-refractivity contribution < 1.29 is 40.5 Å². The Hall–Kier alpha value is -2.30. The number of likely N-dealkylation sites (tertiary alicyclic amines) is 1. The first-order chi connectivity index (χ1) is 11.5. The second-order valence-electron chi connectivity index (χ2n) is 5.36. The number of carbonyl (C=O) groups is 2. The van der Waals surface area contributed by atoms with Gasteiger partial charge in [-0.1, -0.05) is 12.1 Å². The standard InChI is InChI=1S/C14H14F3NO6S/c15-14(16,17)25(22,23)24-10-5-3-4-9(8-10)12(19)11-6-1-2-7-18(11)13(20)21/h3-5,8,11H,1-2,6-7H2,(H,20,21)/t11-/m0/s1. The van der Waals surface area contributed by atoms with Crippen LogP contribution in [0.15, 0.2) is 24.3 Å². The molecule has 11 heteroatoms. The Kier molecular flexibility index (Phi) is 5.26. The summed E-state index contributed by atoms with van der Waals surface area (Å²) >= 11 is 0. The summed E-state index contributed by atoms with van der Waals surface area (Å²) in [5, 5.41) is 9.15. The molecule has 0 saturated carbocycles. The zero-order valence-electron chi connectivity index (χ0n) is 12.7. The van der Waals surface area contributed by atoms with Crippen molar-refractivity contribution in [1.82, 2.24) is 4.90 Å². The minimum Gasteiger partial charge on any atom is -0.465 e. The molecule has 0 unspecified atom stereocenters. The highest BCUT2D eigenvalue weighted by Crippen LogP contribution is 2.28. The predicted octanol–water partition coefficient (Wildman–Crippen LogP) is 2.63. The highest BCUT2D eigenvalue weighted by molar-refractivity contribution is 7.88. The number of amides is 1. The van der Waals surface area contributed by atoms with E-state index in [1.54, 1.807) is 0 Å². The van der Waals surface area contributed by atoms with E-state index in [0.29, 0.717) is 12.8 Å². The van der Waals surface area contributed by atoms with Crippen LogP contribution in [0.25, 0.3) is 0 Å². The largest absolute Gasteiger partial charge is 0.534 e. The fraction of sp³-hybridized carbons (Fsp3) is 0.429. The first-order valence-corrected chi connectivity index (χ1v) is 8.58. The molecule has 1 heterocycles. The van der Waals surface area contributed by atoms with Gasteiger partial charge in [-0.3, -0.25) is 9.69 Å². The van der Waals surface area contributed by atoms with Gasteiger partial charge in [0.1, 0.15) is 5.75 Å². The van der Waals surface area contributed by atoms with Crippen LogP contribution >= 0.6 is 0 Å². The smallest absolute Gasteiger partial charge is 0.465 e. The van der Waals surface area contributed by atoms with E-state index in [1.807, 2.05) is 0 Å². The molecule has 0 aromatic heterocycles. The van der Waals surface area contributed by atoms with Gasteiger partial charge in [0.15, 0.2) is 5.78 Å². The summed E-state index contributed by atoms with van der Waals surface area (Å²) in [4.78, 5) is 24.7. The van der Waals surface area contributed by atoms with Gasteiger partial charge in [-0.2, -0.15) is 21.6 Å². The molecule has 25 heavy (non-hydrogen) atoms. The van der Waals surface area contributed by atoms with Gasteiger partial charge in [-0.25, -0.2) is 4.79 Å². The number of benzene rings is 1. The number of hydrogen-bond acceptors (Lipinski definition) is 5. The number of hydrogen-bond donors (Lipinski definition) is 1. The van der Waals surface area contributed by atoms with Gasteiger partial charge in [0.2, 0.25) is 0 Å². The van der Waals surface area contributed by atoms with E-state index in [4.69, 9.17) is 5.11 Å². The number of piperidine rings is 1. The third kappa shape index (κ3) is 4.21. The van der Waals surface area contributed by atoms with Crippen LogP contribution in [0.1, 0.15) is 29.6 Å². The van der Waals surface area contributed by atoms with Gasteiger partial charge >= 0.3 is 21.7 Å². The van der Waals surface area contributed by atoms with E-state index in [9.17, 15) is 31.2 Å². The molecule has 1 aliphatic heterocycles. The summed E-state index contributed by atoms with van der Waals surface area (Å²) in [7, 11) is -5.86. The Balaban J connectivity index is 2.26. The van der Waals surface area contributed by atoms with E-state index < -0.39 is 39.3 Å². The van der Waals surface area contributed by atoms with Crippen molar-refractivity contribution in [1.29, 1.82) is 0 Å². The quantitative estimate of drug-likeness (QED) is 0.489. The van der Waals surface area contributed by atoms with Crippen LogP contribution in [0.5, 0.6) is 5.75 Å². The van der Waals surface area contributed by atoms with Crippen molar-refractivity contribution in [3.05, 3.63) is 29.8 Å². The zero-order chi connectivity index (χ0) is 18.8. The lowest BCUT2D eigenvalue weighted by Gasteiger charge is -2.32. The van der Waals surface area contributed by atoms with Gasteiger partial charge in [-0.15, -0.1) is 0 Å². The highest BCUT2D eigenvalue weighted by atomic mass is 32.2. The molecule has 1 aromatic rings. The number of Topliss-reactive ketones (excluding diaryl/α,β-unsaturated/α-hetero) is 1. The second-order valence-corrected chi connectivity index (χ2v) is 6.90. The maximum absolute atomic E-state index is 12.5. The van der Waals surface area contributed by atoms with Gasteiger partial charge in [0.25, 0.3) is 0 Å². The maximum atomic E-state index is 12.5. The lowest BCUT2D eigenvalue weighted by atomic mass is 9.94. The van der Waals surface area contributed by atoms with Crippen LogP contribution in [0.2, 0.25) is 0 Å². The maximum Gasteiger partial charge on any atom is 0.534 e. The molecule has 2 rings (SSSR count). The Morgan fingerprint density at radius 1 is 1.24 bits per heavy atom. The summed E-state index contributed by atoms with van der Waals surface area (Å²) in [6, 6.07) is 3.24. The van der Waals surface area contributed by atoms with E-state index in [-0.39, 0.29) is 18.5 Å². The lowest BCUT2D eigenvalue weighted by Crippen LogP contribution is -2.47. The number of carbonyl (C=O) groups excluding carboxylic acids is 1. The molecule has 7 nitrogen and oxygen atoms in total. The Morgan fingerprint density at radius 2 is 1.92 bits per heavy atom. The lowest BCUT2D eigenvalue weighted by molar-refractivity contribution is -0.0500.